The quantitative estimate of drug-likeness (QED) is 0.539. The van der Waals surface area contributed by atoms with E-state index in [9.17, 15) is 18.0 Å². The van der Waals surface area contributed by atoms with E-state index in [0.717, 1.165) is 28.1 Å². The van der Waals surface area contributed by atoms with Crippen molar-refractivity contribution in [3.8, 4) is 5.75 Å². The summed E-state index contributed by atoms with van der Waals surface area (Å²) in [4.78, 5) is 27.6. The average molecular weight is 476 g/mol. The van der Waals surface area contributed by atoms with Gasteiger partial charge in [-0.1, -0.05) is 37.3 Å². The van der Waals surface area contributed by atoms with E-state index < -0.39 is 28.5 Å². The maximum atomic E-state index is 13.5. The lowest BCUT2D eigenvalue weighted by Gasteiger charge is -2.32. The lowest BCUT2D eigenvalue weighted by atomic mass is 10.1. The number of ether oxygens (including phenoxy) is 1. The third kappa shape index (κ3) is 7.21. The fourth-order valence-electron chi connectivity index (χ4n) is 3.38. The minimum Gasteiger partial charge on any atom is -0.497 e. The number of hydrogen-bond acceptors (Lipinski definition) is 5. The molecule has 0 aliphatic rings. The van der Waals surface area contributed by atoms with Crippen molar-refractivity contribution in [2.75, 3.05) is 30.8 Å². The Balaban J connectivity index is 2.39. The van der Waals surface area contributed by atoms with Gasteiger partial charge >= 0.3 is 0 Å². The minimum absolute atomic E-state index is 0.127. The van der Waals surface area contributed by atoms with E-state index in [4.69, 9.17) is 4.74 Å². The third-order valence-corrected chi connectivity index (χ3v) is 6.39. The van der Waals surface area contributed by atoms with E-state index in [0.29, 0.717) is 18.0 Å². The van der Waals surface area contributed by atoms with Crippen molar-refractivity contribution in [1.82, 2.24) is 10.2 Å². The van der Waals surface area contributed by atoms with Crippen LogP contribution in [0.4, 0.5) is 5.69 Å². The van der Waals surface area contributed by atoms with Gasteiger partial charge < -0.3 is 15.0 Å². The highest BCUT2D eigenvalue weighted by molar-refractivity contribution is 7.92. The predicted molar refractivity (Wildman–Crippen MR) is 130 cm³/mol. The van der Waals surface area contributed by atoms with Crippen LogP contribution < -0.4 is 14.4 Å². The number of methoxy groups -OCH3 is 1. The first-order valence-corrected chi connectivity index (χ1v) is 12.7. The molecule has 180 valence electrons. The summed E-state index contributed by atoms with van der Waals surface area (Å²) >= 11 is 0. The van der Waals surface area contributed by atoms with Crippen molar-refractivity contribution in [1.29, 1.82) is 0 Å². The number of benzene rings is 2. The minimum atomic E-state index is -3.75. The van der Waals surface area contributed by atoms with E-state index in [2.05, 4.69) is 5.32 Å². The molecule has 0 aromatic heterocycles. The molecule has 0 spiro atoms. The van der Waals surface area contributed by atoms with Gasteiger partial charge in [-0.05, 0) is 49.6 Å². The Hall–Kier alpha value is -3.07. The van der Waals surface area contributed by atoms with Gasteiger partial charge in [0.2, 0.25) is 21.8 Å². The highest BCUT2D eigenvalue weighted by Crippen LogP contribution is 2.23. The van der Waals surface area contributed by atoms with Gasteiger partial charge in [-0.2, -0.15) is 0 Å². The van der Waals surface area contributed by atoms with Crippen molar-refractivity contribution in [2.24, 2.45) is 0 Å². The van der Waals surface area contributed by atoms with Crippen molar-refractivity contribution >= 4 is 27.5 Å². The zero-order valence-electron chi connectivity index (χ0n) is 19.9. The molecular formula is C24H33N3O5S. The number of carbonyl (C=O) groups excluding carboxylic acids is 2. The van der Waals surface area contributed by atoms with Crippen LogP contribution in [0.1, 0.15) is 31.4 Å². The smallest absolute Gasteiger partial charge is 0.244 e. The Morgan fingerprint density at radius 2 is 1.82 bits per heavy atom. The number of rotatable bonds is 11. The summed E-state index contributed by atoms with van der Waals surface area (Å²) in [5.41, 5.74) is 1.92. The van der Waals surface area contributed by atoms with Crippen molar-refractivity contribution in [2.45, 2.75) is 39.8 Å². The van der Waals surface area contributed by atoms with Crippen LogP contribution in [0.5, 0.6) is 5.75 Å². The number of aryl methyl sites for hydroxylation is 1. The Kier molecular flexibility index (Phi) is 9.28. The lowest BCUT2D eigenvalue weighted by molar-refractivity contribution is -0.139. The Labute approximate surface area is 196 Å². The molecule has 2 rings (SSSR count). The molecule has 0 saturated heterocycles. The fraction of sp³-hybridized carbons (Fsp3) is 0.417. The van der Waals surface area contributed by atoms with Gasteiger partial charge in [-0.25, -0.2) is 8.42 Å². The lowest BCUT2D eigenvalue weighted by Crippen LogP contribution is -2.51. The van der Waals surface area contributed by atoms with Crippen LogP contribution >= 0.6 is 0 Å². The largest absolute Gasteiger partial charge is 0.497 e. The predicted octanol–water partition coefficient (Wildman–Crippen LogP) is 2.71. The molecule has 1 N–H and O–H groups in total. The molecule has 0 bridgehead atoms. The van der Waals surface area contributed by atoms with E-state index >= 15 is 0 Å². The van der Waals surface area contributed by atoms with Gasteiger partial charge in [0.1, 0.15) is 18.3 Å². The summed E-state index contributed by atoms with van der Waals surface area (Å²) in [6.45, 7) is 5.56. The summed E-state index contributed by atoms with van der Waals surface area (Å²) in [5.74, 6) is -0.152. The zero-order valence-corrected chi connectivity index (χ0v) is 20.7. The van der Waals surface area contributed by atoms with Gasteiger partial charge in [-0.15, -0.1) is 0 Å². The van der Waals surface area contributed by atoms with Gasteiger partial charge in [0, 0.05) is 13.1 Å². The number of anilines is 1. The summed E-state index contributed by atoms with van der Waals surface area (Å²) < 4.78 is 31.5. The van der Waals surface area contributed by atoms with Crippen LogP contribution in [0, 0.1) is 6.92 Å². The molecule has 2 aromatic carbocycles. The van der Waals surface area contributed by atoms with E-state index in [1.165, 1.54) is 4.90 Å². The second-order valence-electron chi connectivity index (χ2n) is 7.90. The van der Waals surface area contributed by atoms with Gasteiger partial charge in [0.15, 0.2) is 0 Å². The summed E-state index contributed by atoms with van der Waals surface area (Å²) in [5, 5.41) is 2.81. The highest BCUT2D eigenvalue weighted by Gasteiger charge is 2.30. The molecule has 0 aliphatic heterocycles. The third-order valence-electron chi connectivity index (χ3n) is 5.27. The number of amides is 2. The van der Waals surface area contributed by atoms with Gasteiger partial charge in [0.05, 0.1) is 19.1 Å². The Morgan fingerprint density at radius 3 is 2.42 bits per heavy atom. The second-order valence-corrected chi connectivity index (χ2v) is 9.80. The summed E-state index contributed by atoms with van der Waals surface area (Å²) in [6.07, 6.45) is 1.83. The molecule has 0 saturated carbocycles. The van der Waals surface area contributed by atoms with Crippen LogP contribution in [0.25, 0.3) is 0 Å². The standard InChI is InChI=1S/C24H33N3O5S/c1-6-14-25-24(29)19(3)26(16-20-11-9-12-21(15-20)32-4)23(28)17-27(33(5,30)31)22-13-8-7-10-18(22)2/h7-13,15,19H,6,14,16-17H2,1-5H3,(H,25,29)/t19-/m0/s1. The van der Waals surface area contributed by atoms with Crippen LogP contribution in [-0.2, 0) is 26.2 Å². The SMILES string of the molecule is CCCNC(=O)[C@H](C)N(Cc1cccc(OC)c1)C(=O)CN(c1ccccc1C)S(C)(=O)=O. The molecule has 33 heavy (non-hydrogen) atoms. The summed E-state index contributed by atoms with van der Waals surface area (Å²) in [7, 11) is -2.20. The number of nitrogens with one attached hydrogen (secondary N) is 1. The first-order valence-electron chi connectivity index (χ1n) is 10.8. The van der Waals surface area contributed by atoms with E-state index in [-0.39, 0.29) is 12.5 Å². The molecule has 0 unspecified atom stereocenters. The molecule has 2 aromatic rings. The van der Waals surface area contributed by atoms with Crippen molar-refractivity contribution in [3.63, 3.8) is 0 Å². The molecule has 0 heterocycles. The number of sulfonamides is 1. The van der Waals surface area contributed by atoms with Crippen LogP contribution in [-0.4, -0.2) is 57.6 Å². The molecule has 2 amide bonds. The van der Waals surface area contributed by atoms with E-state index in [1.54, 1.807) is 63.4 Å². The molecular weight excluding hydrogens is 442 g/mol. The molecule has 0 aliphatic carbocycles. The second kappa shape index (κ2) is 11.7. The molecule has 1 atom stereocenters. The van der Waals surface area contributed by atoms with Crippen molar-refractivity contribution < 1.29 is 22.7 Å². The maximum Gasteiger partial charge on any atom is 0.244 e. The molecule has 9 heteroatoms. The van der Waals surface area contributed by atoms with Crippen LogP contribution in [0.15, 0.2) is 48.5 Å². The Morgan fingerprint density at radius 1 is 1.12 bits per heavy atom. The zero-order chi connectivity index (χ0) is 24.6. The average Bonchev–Trinajstić information content (AvgIpc) is 2.78. The number of nitrogens with zero attached hydrogens (tertiary/aromatic N) is 2. The number of para-hydroxylation sites is 1. The molecule has 0 radical (unpaired) electrons. The topological polar surface area (TPSA) is 96.0 Å². The molecule has 0 fully saturated rings. The van der Waals surface area contributed by atoms with E-state index in [1.807, 2.05) is 13.0 Å². The Bertz CT molecular complexity index is 1070. The van der Waals surface area contributed by atoms with Gasteiger partial charge in [-0.3, -0.25) is 13.9 Å². The maximum absolute atomic E-state index is 13.5. The number of hydrogen-bond donors (Lipinski definition) is 1. The van der Waals surface area contributed by atoms with Crippen molar-refractivity contribution in [3.05, 3.63) is 59.7 Å². The first-order chi connectivity index (χ1) is 15.6. The highest BCUT2D eigenvalue weighted by atomic mass is 32.2. The first kappa shape index (κ1) is 26.2. The van der Waals surface area contributed by atoms with Crippen LogP contribution in [0.2, 0.25) is 0 Å². The monoisotopic (exact) mass is 475 g/mol. The summed E-state index contributed by atoms with van der Waals surface area (Å²) in [6, 6.07) is 13.4. The normalized spacial score (nSPS) is 12.0. The fourth-order valence-corrected chi connectivity index (χ4v) is 4.29. The van der Waals surface area contributed by atoms with Crippen LogP contribution in [0.3, 0.4) is 0 Å². The number of carbonyl (C=O) groups is 2. The van der Waals surface area contributed by atoms with Gasteiger partial charge in [0.25, 0.3) is 0 Å². The molecule has 8 nitrogen and oxygen atoms in total.